The van der Waals surface area contributed by atoms with E-state index in [1.165, 1.54) is 0 Å². The highest BCUT2D eigenvalue weighted by Gasteiger charge is 2.25. The van der Waals surface area contributed by atoms with Crippen LogP contribution in [0.25, 0.3) is 0 Å². The highest BCUT2D eigenvalue weighted by Crippen LogP contribution is 2.10. The lowest BCUT2D eigenvalue weighted by molar-refractivity contribution is -0.151. The predicted molar refractivity (Wildman–Crippen MR) is 48.1 cm³/mol. The number of nitrogens with two attached hydrogens (primary N) is 1. The zero-order chi connectivity index (χ0) is 9.84. The summed E-state index contributed by atoms with van der Waals surface area (Å²) in [6, 6.07) is -0.513. The number of carbonyl (C=O) groups excluding carboxylic acids is 1. The van der Waals surface area contributed by atoms with Crippen LogP contribution in [-0.2, 0) is 14.3 Å². The first-order valence-corrected chi connectivity index (χ1v) is 4.65. The van der Waals surface area contributed by atoms with Crippen molar-refractivity contribution in [1.29, 1.82) is 0 Å². The van der Waals surface area contributed by atoms with Crippen LogP contribution in [0.3, 0.4) is 0 Å². The van der Waals surface area contributed by atoms with Gasteiger partial charge >= 0.3 is 5.97 Å². The Hall–Kier alpha value is -0.610. The Morgan fingerprint density at radius 2 is 2.31 bits per heavy atom. The van der Waals surface area contributed by atoms with Crippen molar-refractivity contribution in [3.8, 4) is 0 Å². The predicted octanol–water partition coefficient (Wildman–Crippen LogP) is 0.302. The van der Waals surface area contributed by atoms with E-state index in [0.717, 1.165) is 6.42 Å². The van der Waals surface area contributed by atoms with E-state index in [9.17, 15) is 4.79 Å². The van der Waals surface area contributed by atoms with Crippen molar-refractivity contribution < 1.29 is 14.3 Å². The summed E-state index contributed by atoms with van der Waals surface area (Å²) in [5.41, 5.74) is 5.62. The van der Waals surface area contributed by atoms with Crippen LogP contribution in [0.4, 0.5) is 0 Å². The molecule has 13 heavy (non-hydrogen) atoms. The Balaban J connectivity index is 2.31. The zero-order valence-corrected chi connectivity index (χ0v) is 8.16. The maximum absolute atomic E-state index is 11.3. The van der Waals surface area contributed by atoms with Gasteiger partial charge in [-0.2, -0.15) is 0 Å². The van der Waals surface area contributed by atoms with Crippen molar-refractivity contribution in [2.75, 3.05) is 13.2 Å². The summed E-state index contributed by atoms with van der Waals surface area (Å²) in [5, 5.41) is 0. The van der Waals surface area contributed by atoms with Crippen LogP contribution in [0.2, 0.25) is 0 Å². The lowest BCUT2D eigenvalue weighted by Gasteiger charge is -2.17. The fraction of sp³-hybridized carbons (Fsp3) is 0.889. The minimum atomic E-state index is -0.513. The molecule has 4 heteroatoms. The fourth-order valence-corrected chi connectivity index (χ4v) is 1.12. The lowest BCUT2D eigenvalue weighted by Crippen LogP contribution is -2.39. The van der Waals surface area contributed by atoms with E-state index in [2.05, 4.69) is 0 Å². The topological polar surface area (TPSA) is 61.6 Å². The van der Waals surface area contributed by atoms with Gasteiger partial charge in [0.05, 0.1) is 13.2 Å². The Kier molecular flexibility index (Phi) is 3.69. The number of ether oxygens (including phenoxy) is 2. The van der Waals surface area contributed by atoms with Crippen LogP contribution in [0, 0.1) is 5.92 Å². The molecule has 76 valence electrons. The highest BCUT2D eigenvalue weighted by atomic mass is 16.6. The molecule has 4 nitrogen and oxygen atoms in total. The van der Waals surface area contributed by atoms with Crippen molar-refractivity contribution in [3.05, 3.63) is 0 Å². The number of carbonyl (C=O) groups is 1. The molecule has 0 saturated carbocycles. The number of esters is 1. The van der Waals surface area contributed by atoms with Gasteiger partial charge in [-0.05, 0) is 5.92 Å². The molecule has 0 spiro atoms. The maximum Gasteiger partial charge on any atom is 0.323 e. The van der Waals surface area contributed by atoms with E-state index >= 15 is 0 Å². The van der Waals surface area contributed by atoms with Gasteiger partial charge in [-0.1, -0.05) is 13.8 Å². The molecular weight excluding hydrogens is 170 g/mol. The number of hydrogen-bond donors (Lipinski definition) is 1. The second-order valence-electron chi connectivity index (χ2n) is 3.69. The van der Waals surface area contributed by atoms with Crippen LogP contribution in [0.15, 0.2) is 0 Å². The van der Waals surface area contributed by atoms with Gasteiger partial charge in [-0.25, -0.2) is 0 Å². The van der Waals surface area contributed by atoms with E-state index < -0.39 is 6.04 Å². The van der Waals surface area contributed by atoms with E-state index in [0.29, 0.717) is 13.2 Å². The van der Waals surface area contributed by atoms with Gasteiger partial charge in [0.25, 0.3) is 0 Å². The van der Waals surface area contributed by atoms with Gasteiger partial charge in [-0.15, -0.1) is 0 Å². The maximum atomic E-state index is 11.3. The molecule has 1 aliphatic heterocycles. The molecule has 0 aliphatic carbocycles. The van der Waals surface area contributed by atoms with E-state index in [4.69, 9.17) is 15.2 Å². The summed E-state index contributed by atoms with van der Waals surface area (Å²) < 4.78 is 10.2. The third kappa shape index (κ3) is 2.97. The van der Waals surface area contributed by atoms with Crippen LogP contribution in [0.5, 0.6) is 0 Å². The molecule has 2 N–H and O–H groups in total. The molecular formula is C9H17NO3. The molecule has 1 aliphatic rings. The smallest absolute Gasteiger partial charge is 0.323 e. The molecule has 0 aromatic carbocycles. The van der Waals surface area contributed by atoms with Crippen molar-refractivity contribution in [1.82, 2.24) is 0 Å². The monoisotopic (exact) mass is 187 g/mol. The first kappa shape index (κ1) is 10.5. The normalized spacial score (nSPS) is 24.8. The quantitative estimate of drug-likeness (QED) is 0.645. The average molecular weight is 187 g/mol. The summed E-state index contributed by atoms with van der Waals surface area (Å²) in [6.07, 6.45) is 0.702. The number of rotatable bonds is 3. The minimum absolute atomic E-state index is 0.0858. The largest absolute Gasteiger partial charge is 0.459 e. The summed E-state index contributed by atoms with van der Waals surface area (Å²) >= 11 is 0. The van der Waals surface area contributed by atoms with Crippen LogP contribution < -0.4 is 5.73 Å². The summed E-state index contributed by atoms with van der Waals surface area (Å²) in [7, 11) is 0. The van der Waals surface area contributed by atoms with E-state index in [1.54, 1.807) is 0 Å². The lowest BCUT2D eigenvalue weighted by atomic mass is 10.1. The first-order valence-electron chi connectivity index (χ1n) is 4.65. The van der Waals surface area contributed by atoms with Crippen molar-refractivity contribution in [2.24, 2.45) is 11.7 Å². The van der Waals surface area contributed by atoms with Crippen LogP contribution in [-0.4, -0.2) is 31.3 Å². The van der Waals surface area contributed by atoms with Gasteiger partial charge in [0.2, 0.25) is 0 Å². The Labute approximate surface area is 78.4 Å². The molecule has 2 atom stereocenters. The van der Waals surface area contributed by atoms with Gasteiger partial charge in [-0.3, -0.25) is 4.79 Å². The second-order valence-corrected chi connectivity index (χ2v) is 3.69. The molecule has 1 unspecified atom stereocenters. The standard InChI is InChI=1S/C9H17NO3/c1-6(2)8(10)9(11)13-7-3-4-12-5-7/h6-8H,3-5,10H2,1-2H3/t7?,8-/m1/s1. The van der Waals surface area contributed by atoms with Gasteiger partial charge in [0.1, 0.15) is 12.1 Å². The summed E-state index contributed by atoms with van der Waals surface area (Å²) in [4.78, 5) is 11.3. The minimum Gasteiger partial charge on any atom is -0.459 e. The molecule has 1 rings (SSSR count). The number of hydrogen-bond acceptors (Lipinski definition) is 4. The average Bonchev–Trinajstić information content (AvgIpc) is 2.55. The molecule has 0 amide bonds. The summed E-state index contributed by atoms with van der Waals surface area (Å²) in [5.74, 6) is -0.194. The van der Waals surface area contributed by atoms with E-state index in [-0.39, 0.29) is 18.0 Å². The SMILES string of the molecule is CC(C)[C@@H](N)C(=O)OC1CCOC1. The molecule has 0 aromatic rings. The molecule has 1 fully saturated rings. The molecule has 1 saturated heterocycles. The molecule has 0 aromatic heterocycles. The van der Waals surface area contributed by atoms with E-state index in [1.807, 2.05) is 13.8 Å². The molecule has 0 bridgehead atoms. The summed E-state index contributed by atoms with van der Waals surface area (Å²) in [6.45, 7) is 4.99. The molecule has 0 radical (unpaired) electrons. The fourth-order valence-electron chi connectivity index (χ4n) is 1.12. The third-order valence-electron chi connectivity index (χ3n) is 2.16. The Morgan fingerprint density at radius 3 is 2.77 bits per heavy atom. The van der Waals surface area contributed by atoms with Gasteiger partial charge < -0.3 is 15.2 Å². The van der Waals surface area contributed by atoms with Crippen molar-refractivity contribution >= 4 is 5.97 Å². The zero-order valence-electron chi connectivity index (χ0n) is 8.16. The van der Waals surface area contributed by atoms with Gasteiger partial charge in [0.15, 0.2) is 0 Å². The first-order chi connectivity index (χ1) is 6.11. The highest BCUT2D eigenvalue weighted by molar-refractivity contribution is 5.75. The van der Waals surface area contributed by atoms with Gasteiger partial charge in [0, 0.05) is 6.42 Å². The van der Waals surface area contributed by atoms with Crippen LogP contribution >= 0.6 is 0 Å². The van der Waals surface area contributed by atoms with Crippen molar-refractivity contribution in [2.45, 2.75) is 32.4 Å². The second kappa shape index (κ2) is 4.58. The third-order valence-corrected chi connectivity index (χ3v) is 2.16. The van der Waals surface area contributed by atoms with Crippen molar-refractivity contribution in [3.63, 3.8) is 0 Å². The Morgan fingerprint density at radius 1 is 1.62 bits per heavy atom. The van der Waals surface area contributed by atoms with Crippen LogP contribution in [0.1, 0.15) is 20.3 Å². The molecule has 1 heterocycles. The Bertz CT molecular complexity index is 176.